The molecule has 432 valence electrons. The second kappa shape index (κ2) is 26.8. The Kier molecular flexibility index (Phi) is 21.5. The number of halogens is 2. The average Bonchev–Trinajstić information content (AvgIpc) is 4.15. The minimum atomic E-state index is -1.03. The lowest BCUT2D eigenvalue weighted by molar-refractivity contribution is -0.144. The highest BCUT2D eigenvalue weighted by atomic mass is 35.5. The zero-order valence-corrected chi connectivity index (χ0v) is 48.8. The molecule has 79 heavy (non-hydrogen) atoms. The van der Waals surface area contributed by atoms with Crippen LogP contribution in [0.5, 0.6) is 5.75 Å². The first-order chi connectivity index (χ1) is 36.4. The van der Waals surface area contributed by atoms with Crippen molar-refractivity contribution in [3.63, 3.8) is 0 Å². The zero-order valence-electron chi connectivity index (χ0n) is 47.1. The Morgan fingerprint density at radius 2 is 0.924 bits per heavy atom. The molecule has 0 bridgehead atoms. The van der Waals surface area contributed by atoms with E-state index in [0.717, 1.165) is 47.9 Å². The predicted molar refractivity (Wildman–Crippen MR) is 306 cm³/mol. The van der Waals surface area contributed by atoms with Crippen molar-refractivity contribution in [2.45, 2.75) is 167 Å². The van der Waals surface area contributed by atoms with Gasteiger partial charge in [0.05, 0.1) is 24.2 Å². The smallest absolute Gasteiger partial charge is 0.251 e. The summed E-state index contributed by atoms with van der Waals surface area (Å²) in [5.41, 5.74) is 2.60. The van der Waals surface area contributed by atoms with E-state index in [4.69, 9.17) is 0 Å². The number of carbonyl (C=O) groups excluding carboxylic acids is 8. The van der Waals surface area contributed by atoms with Crippen LogP contribution < -0.4 is 42.5 Å². The molecule has 3 aromatic rings. The van der Waals surface area contributed by atoms with E-state index < -0.39 is 106 Å². The molecule has 21 heteroatoms. The third-order valence-corrected chi connectivity index (χ3v) is 15.7. The van der Waals surface area contributed by atoms with Crippen LogP contribution in [0, 0.1) is 10.8 Å². The lowest BCUT2D eigenvalue weighted by atomic mass is 9.85. The van der Waals surface area contributed by atoms with Crippen molar-refractivity contribution in [2.75, 3.05) is 27.2 Å². The van der Waals surface area contributed by atoms with Gasteiger partial charge in [-0.3, -0.25) is 38.4 Å². The molecule has 0 spiro atoms. The summed E-state index contributed by atoms with van der Waals surface area (Å²) in [5, 5.41) is 34.9. The van der Waals surface area contributed by atoms with Gasteiger partial charge in [0.2, 0.25) is 35.4 Å². The fraction of sp³-hybridized carbons (Fsp3) is 0.552. The molecule has 2 saturated heterocycles. The number of fused-ring (bicyclic) bond motifs is 2. The van der Waals surface area contributed by atoms with Gasteiger partial charge in [-0.2, -0.15) is 0 Å². The van der Waals surface area contributed by atoms with Crippen LogP contribution in [0.1, 0.15) is 149 Å². The maximum absolute atomic E-state index is 14.7. The zero-order chi connectivity index (χ0) is 56.1. The number of rotatable bonds is 16. The normalized spacial score (nSPS) is 22.2. The number of carbonyl (C=O) groups is 8. The van der Waals surface area contributed by atoms with E-state index in [-0.39, 0.29) is 79.7 Å². The third-order valence-electron chi connectivity index (χ3n) is 15.7. The molecule has 0 saturated carbocycles. The van der Waals surface area contributed by atoms with Crippen molar-refractivity contribution < 1.29 is 43.5 Å². The molecule has 0 aromatic heterocycles. The van der Waals surface area contributed by atoms with Crippen LogP contribution >= 0.6 is 24.8 Å². The SMILES string of the molecule is CN[C@@H](C)C(=O)N[C@H](C(=O)N1C[C@@H](NC(=O)c2cc(O)cc(C(=O)N[C@H]3C[C@@H](C(=O)N[C@@H]4CCCc5ccccc54)N(C(=O)[C@@H](NC(=O)[C@H](C)NC)C(C)(C)C)C3)c2)C[C@H]1C(=O)N[C@@H]1CCCc2ccccc21)C(C)(C)C.Cl.Cl. The summed E-state index contributed by atoms with van der Waals surface area (Å²) < 4.78 is 0. The van der Waals surface area contributed by atoms with Crippen molar-refractivity contribution in [2.24, 2.45) is 10.8 Å². The molecule has 19 nitrogen and oxygen atoms in total. The molecule has 2 aliphatic heterocycles. The number of nitrogens with one attached hydrogen (secondary N) is 8. The molecule has 10 atom stereocenters. The van der Waals surface area contributed by atoms with Gasteiger partial charge in [-0.1, -0.05) is 90.1 Å². The van der Waals surface area contributed by atoms with E-state index in [1.807, 2.05) is 90.1 Å². The van der Waals surface area contributed by atoms with Crippen molar-refractivity contribution in [1.29, 1.82) is 0 Å². The highest BCUT2D eigenvalue weighted by molar-refractivity contribution is 6.01. The number of hydrogen-bond donors (Lipinski definition) is 9. The van der Waals surface area contributed by atoms with Crippen LogP contribution in [0.3, 0.4) is 0 Å². The van der Waals surface area contributed by atoms with Gasteiger partial charge in [-0.05, 0) is 131 Å². The first-order valence-electron chi connectivity index (χ1n) is 27.2. The van der Waals surface area contributed by atoms with Gasteiger partial charge in [0.1, 0.15) is 29.9 Å². The number of likely N-dealkylation sites (tertiary alicyclic amines) is 2. The molecule has 3 aromatic carbocycles. The molecule has 2 fully saturated rings. The van der Waals surface area contributed by atoms with Gasteiger partial charge in [0.25, 0.3) is 11.8 Å². The Balaban J connectivity index is 0.00000574. The van der Waals surface area contributed by atoms with Crippen LogP contribution in [-0.2, 0) is 41.6 Å². The van der Waals surface area contributed by atoms with E-state index in [0.29, 0.717) is 12.8 Å². The summed E-state index contributed by atoms with van der Waals surface area (Å²) in [6, 6.07) is 12.2. The molecule has 7 rings (SSSR count). The Hall–Kier alpha value is -6.28. The van der Waals surface area contributed by atoms with E-state index in [1.165, 1.54) is 28.0 Å². The van der Waals surface area contributed by atoms with Crippen LogP contribution in [0.25, 0.3) is 0 Å². The van der Waals surface area contributed by atoms with Crippen LogP contribution in [0.15, 0.2) is 66.7 Å². The number of aryl methyl sites for hydroxylation is 2. The number of phenolic OH excluding ortho intramolecular Hbond substituents is 1. The minimum Gasteiger partial charge on any atom is -0.508 e. The minimum absolute atomic E-state index is 0. The summed E-state index contributed by atoms with van der Waals surface area (Å²) in [4.78, 5) is 116. The second-order valence-electron chi connectivity index (χ2n) is 23.5. The molecule has 2 heterocycles. The average molecular weight is 1130 g/mol. The summed E-state index contributed by atoms with van der Waals surface area (Å²) >= 11 is 0. The van der Waals surface area contributed by atoms with Crippen molar-refractivity contribution >= 4 is 72.1 Å². The fourth-order valence-corrected chi connectivity index (χ4v) is 11.0. The van der Waals surface area contributed by atoms with E-state index >= 15 is 0 Å². The summed E-state index contributed by atoms with van der Waals surface area (Å²) in [7, 11) is 3.28. The van der Waals surface area contributed by atoms with E-state index in [1.54, 1.807) is 27.9 Å². The van der Waals surface area contributed by atoms with Crippen LogP contribution in [0.2, 0.25) is 0 Å². The van der Waals surface area contributed by atoms with Crippen molar-refractivity contribution in [1.82, 2.24) is 52.3 Å². The highest BCUT2D eigenvalue weighted by Gasteiger charge is 2.48. The van der Waals surface area contributed by atoms with Gasteiger partial charge in [-0.25, -0.2) is 0 Å². The van der Waals surface area contributed by atoms with Crippen LogP contribution in [-0.4, -0.2) is 138 Å². The van der Waals surface area contributed by atoms with Crippen molar-refractivity contribution in [3.05, 3.63) is 100 Å². The third kappa shape index (κ3) is 15.1. The second-order valence-corrected chi connectivity index (χ2v) is 23.5. The molecular weight excluding hydrogens is 1050 g/mol. The molecule has 2 aliphatic carbocycles. The van der Waals surface area contributed by atoms with E-state index in [2.05, 4.69) is 42.5 Å². The Morgan fingerprint density at radius 1 is 0.557 bits per heavy atom. The quantitative estimate of drug-likeness (QED) is 0.0978. The number of likely N-dealkylation sites (N-methyl/N-ethyl adjacent to an activating group) is 2. The number of nitrogens with zero attached hydrogens (tertiary/aromatic N) is 2. The number of hydrogen-bond acceptors (Lipinski definition) is 11. The van der Waals surface area contributed by atoms with Gasteiger partial charge < -0.3 is 57.4 Å². The molecule has 8 amide bonds. The van der Waals surface area contributed by atoms with Crippen LogP contribution in [0.4, 0.5) is 0 Å². The number of phenols is 1. The van der Waals surface area contributed by atoms with Crippen molar-refractivity contribution in [3.8, 4) is 5.75 Å². The lowest BCUT2D eigenvalue weighted by Crippen LogP contribution is -2.59. The first-order valence-corrected chi connectivity index (χ1v) is 27.2. The first kappa shape index (κ1) is 63.6. The fourth-order valence-electron chi connectivity index (χ4n) is 11.0. The maximum Gasteiger partial charge on any atom is 0.251 e. The number of aromatic hydroxyl groups is 1. The Labute approximate surface area is 476 Å². The summed E-state index contributed by atoms with van der Waals surface area (Å²) in [5.74, 6) is -4.31. The molecule has 4 aliphatic rings. The number of amides is 8. The number of benzene rings is 3. The standard InChI is InChI=1S/C58H80N10O9.2ClH/c1-32(59-9)49(70)65-47(57(3,4)5)55(76)67-30-38(28-45(67)53(74)63-43-23-15-19-34-17-11-13-21-41(34)43)61-51(72)36-25-37(27-40(69)26-36)52(73)62-39-29-46(54(75)64-44-24-16-20-35-18-12-14-22-42(35)44)68(31-39)56(77)48(58(6,7)8)66-50(71)33(2)60-10;;/h11-14,17-18,21-22,25-27,32-33,38-39,43-48,59-60,69H,15-16,19-20,23-24,28-31H2,1-10H3,(H,61,72)(H,62,73)(H,63,74)(H,64,75)(H,65,70)(H,66,71);2*1H/t32-,33-,38-,39-,43+,44+,45-,46-,47+,48+;;/m0../s1. The Bertz CT molecular complexity index is 2550. The monoisotopic (exact) mass is 1130 g/mol. The van der Waals surface area contributed by atoms with Gasteiger partial charge >= 0.3 is 0 Å². The largest absolute Gasteiger partial charge is 0.508 e. The molecule has 0 radical (unpaired) electrons. The summed E-state index contributed by atoms with van der Waals surface area (Å²) in [6.45, 7) is 14.1. The molecule has 9 N–H and O–H groups in total. The van der Waals surface area contributed by atoms with Gasteiger partial charge in [-0.15, -0.1) is 24.8 Å². The Morgan fingerprint density at radius 3 is 1.28 bits per heavy atom. The van der Waals surface area contributed by atoms with E-state index in [9.17, 15) is 43.5 Å². The summed E-state index contributed by atoms with van der Waals surface area (Å²) in [6.07, 6.45) is 4.97. The highest BCUT2D eigenvalue weighted by Crippen LogP contribution is 2.34. The lowest BCUT2D eigenvalue weighted by Gasteiger charge is -2.36. The van der Waals surface area contributed by atoms with Gasteiger partial charge in [0.15, 0.2) is 0 Å². The molecular formula is C58H82Cl2N10O9. The maximum atomic E-state index is 14.7. The predicted octanol–water partition coefficient (Wildman–Crippen LogP) is 4.30. The molecule has 0 unspecified atom stereocenters. The van der Waals surface area contributed by atoms with Gasteiger partial charge in [0, 0.05) is 36.3 Å². The topological polar surface area (TPSA) is 260 Å².